The Morgan fingerprint density at radius 2 is 1.71 bits per heavy atom. The second-order valence-corrected chi connectivity index (χ2v) is 9.38. The van der Waals surface area contributed by atoms with Gasteiger partial charge in [-0.05, 0) is 61.4 Å². The van der Waals surface area contributed by atoms with Crippen LogP contribution in [0.5, 0.6) is 0 Å². The van der Waals surface area contributed by atoms with E-state index in [1.54, 1.807) is 0 Å². The van der Waals surface area contributed by atoms with Crippen LogP contribution in [-0.4, -0.2) is 59.9 Å². The van der Waals surface area contributed by atoms with Gasteiger partial charge in [-0.2, -0.15) is 0 Å². The van der Waals surface area contributed by atoms with Crippen LogP contribution < -0.4 is 14.9 Å². The highest BCUT2D eigenvalue weighted by atomic mass is 32.2. The minimum atomic E-state index is -3.64. The Balaban J connectivity index is 1.34. The van der Waals surface area contributed by atoms with Crippen LogP contribution in [0, 0.1) is 0 Å². The Morgan fingerprint density at radius 3 is 2.35 bits per heavy atom. The lowest BCUT2D eigenvalue weighted by molar-refractivity contribution is 0.102. The summed E-state index contributed by atoms with van der Waals surface area (Å²) in [6.07, 6.45) is 1.73. The third-order valence-corrected chi connectivity index (χ3v) is 6.89. The van der Waals surface area contributed by atoms with E-state index in [9.17, 15) is 13.2 Å². The van der Waals surface area contributed by atoms with E-state index in [-0.39, 0.29) is 23.5 Å². The highest BCUT2D eigenvalue weighted by Crippen LogP contribution is 2.20. The molecule has 2 fully saturated rings. The van der Waals surface area contributed by atoms with E-state index in [1.807, 2.05) is 24.3 Å². The topological polar surface area (TPSA) is 97.0 Å². The maximum Gasteiger partial charge on any atom is 0.255 e. The lowest BCUT2D eigenvalue weighted by Gasteiger charge is -2.28. The van der Waals surface area contributed by atoms with Gasteiger partial charge < -0.3 is 19.7 Å². The monoisotopic (exact) mass is 445 g/mol. The molecule has 2 aliphatic rings. The zero-order valence-electron chi connectivity index (χ0n) is 17.2. The normalized spacial score (nSPS) is 19.4. The quantitative estimate of drug-likeness (QED) is 0.679. The summed E-state index contributed by atoms with van der Waals surface area (Å²) in [4.78, 5) is 14.9. The van der Waals surface area contributed by atoms with Crippen molar-refractivity contribution in [2.75, 3.05) is 49.7 Å². The molecule has 2 N–H and O–H groups in total. The van der Waals surface area contributed by atoms with Gasteiger partial charge >= 0.3 is 0 Å². The summed E-state index contributed by atoms with van der Waals surface area (Å²) >= 11 is 0. The van der Waals surface area contributed by atoms with Crippen molar-refractivity contribution in [1.29, 1.82) is 0 Å². The molecular formula is C22H27N3O5S. The summed E-state index contributed by atoms with van der Waals surface area (Å²) in [5, 5.41) is 2.85. The van der Waals surface area contributed by atoms with Crippen molar-refractivity contribution in [1.82, 2.24) is 4.72 Å². The fourth-order valence-electron chi connectivity index (χ4n) is 3.66. The number of rotatable bonds is 7. The fraction of sp³-hybridized carbons (Fsp3) is 0.409. The summed E-state index contributed by atoms with van der Waals surface area (Å²) < 4.78 is 38.3. The van der Waals surface area contributed by atoms with Gasteiger partial charge in [0.2, 0.25) is 10.0 Å². The van der Waals surface area contributed by atoms with Gasteiger partial charge in [0.05, 0.1) is 24.2 Å². The average molecular weight is 446 g/mol. The number of anilines is 2. The van der Waals surface area contributed by atoms with Gasteiger partial charge in [0, 0.05) is 43.2 Å². The van der Waals surface area contributed by atoms with Gasteiger partial charge in [-0.15, -0.1) is 0 Å². The van der Waals surface area contributed by atoms with Crippen molar-refractivity contribution >= 4 is 27.3 Å². The summed E-state index contributed by atoms with van der Waals surface area (Å²) in [5.41, 5.74) is 2.15. The number of carbonyl (C=O) groups excluding carboxylic acids is 1. The molecule has 2 aromatic carbocycles. The van der Waals surface area contributed by atoms with E-state index < -0.39 is 10.0 Å². The van der Waals surface area contributed by atoms with Crippen LogP contribution in [0.25, 0.3) is 0 Å². The molecular weight excluding hydrogens is 418 g/mol. The van der Waals surface area contributed by atoms with E-state index in [1.165, 1.54) is 24.3 Å². The summed E-state index contributed by atoms with van der Waals surface area (Å²) in [5.74, 6) is -0.296. The van der Waals surface area contributed by atoms with E-state index in [0.717, 1.165) is 31.6 Å². The Hall–Kier alpha value is -2.46. The Labute approximate surface area is 182 Å². The summed E-state index contributed by atoms with van der Waals surface area (Å²) in [6, 6.07) is 13.6. The van der Waals surface area contributed by atoms with Crippen molar-refractivity contribution in [3.63, 3.8) is 0 Å². The number of sulfonamides is 1. The molecule has 9 heteroatoms. The second-order valence-electron chi connectivity index (χ2n) is 7.61. The van der Waals surface area contributed by atoms with Crippen LogP contribution >= 0.6 is 0 Å². The third kappa shape index (κ3) is 5.62. The van der Waals surface area contributed by atoms with Crippen LogP contribution in [0.4, 0.5) is 11.4 Å². The first-order chi connectivity index (χ1) is 15.0. The standard InChI is InChI=1S/C22H27N3O5S/c26-22(24-18-5-7-19(8-6-18)25-11-14-29-15-12-25)17-3-9-21(10-4-17)31(27,28)23-16-20-2-1-13-30-20/h3-10,20,23H,1-2,11-16H2,(H,24,26)/t20-/m0/s1. The van der Waals surface area contributed by atoms with Crippen LogP contribution in [0.3, 0.4) is 0 Å². The predicted molar refractivity (Wildman–Crippen MR) is 118 cm³/mol. The highest BCUT2D eigenvalue weighted by Gasteiger charge is 2.20. The molecule has 2 saturated heterocycles. The number of carbonyl (C=O) groups is 1. The maximum atomic E-state index is 12.5. The first-order valence-corrected chi connectivity index (χ1v) is 11.9. The number of nitrogens with zero attached hydrogens (tertiary/aromatic N) is 1. The molecule has 31 heavy (non-hydrogen) atoms. The van der Waals surface area contributed by atoms with Crippen molar-refractivity contribution < 1.29 is 22.7 Å². The van der Waals surface area contributed by atoms with Crippen molar-refractivity contribution in [3.05, 3.63) is 54.1 Å². The Kier molecular flexibility index (Phi) is 6.86. The molecule has 1 atom stereocenters. The molecule has 2 aromatic rings. The van der Waals surface area contributed by atoms with Crippen molar-refractivity contribution in [2.24, 2.45) is 0 Å². The smallest absolute Gasteiger partial charge is 0.255 e. The number of ether oxygens (including phenoxy) is 2. The van der Waals surface area contributed by atoms with Gasteiger partial charge in [-0.1, -0.05) is 0 Å². The minimum Gasteiger partial charge on any atom is -0.378 e. The summed E-state index contributed by atoms with van der Waals surface area (Å²) in [7, 11) is -3.64. The van der Waals surface area contributed by atoms with Crippen LogP contribution in [0.2, 0.25) is 0 Å². The molecule has 166 valence electrons. The van der Waals surface area contributed by atoms with Gasteiger partial charge in [0.25, 0.3) is 5.91 Å². The molecule has 1 amide bonds. The Morgan fingerprint density at radius 1 is 1.00 bits per heavy atom. The molecule has 2 heterocycles. The van der Waals surface area contributed by atoms with Crippen molar-refractivity contribution in [2.45, 2.75) is 23.8 Å². The number of hydrogen-bond donors (Lipinski definition) is 2. The van der Waals surface area contributed by atoms with Crippen LogP contribution in [0.1, 0.15) is 23.2 Å². The summed E-state index contributed by atoms with van der Waals surface area (Å²) in [6.45, 7) is 4.06. The molecule has 8 nitrogen and oxygen atoms in total. The van der Waals surface area contributed by atoms with Gasteiger partial charge in [0.1, 0.15) is 0 Å². The highest BCUT2D eigenvalue weighted by molar-refractivity contribution is 7.89. The second kappa shape index (κ2) is 9.78. The van der Waals surface area contributed by atoms with Gasteiger partial charge in [-0.25, -0.2) is 13.1 Å². The van der Waals surface area contributed by atoms with Gasteiger partial charge in [-0.3, -0.25) is 4.79 Å². The van der Waals surface area contributed by atoms with E-state index in [4.69, 9.17) is 9.47 Å². The third-order valence-electron chi connectivity index (χ3n) is 5.45. The lowest BCUT2D eigenvalue weighted by Crippen LogP contribution is -2.36. The number of nitrogens with one attached hydrogen (secondary N) is 2. The molecule has 0 aliphatic carbocycles. The minimum absolute atomic E-state index is 0.0746. The predicted octanol–water partition coefficient (Wildman–Crippen LogP) is 2.23. The zero-order valence-corrected chi connectivity index (χ0v) is 18.1. The van der Waals surface area contributed by atoms with E-state index in [2.05, 4.69) is 14.9 Å². The number of benzene rings is 2. The first-order valence-electron chi connectivity index (χ1n) is 10.5. The molecule has 0 bridgehead atoms. The number of hydrogen-bond acceptors (Lipinski definition) is 6. The average Bonchev–Trinajstić information content (AvgIpc) is 3.33. The van der Waals surface area contributed by atoms with Crippen LogP contribution in [-0.2, 0) is 19.5 Å². The molecule has 0 spiro atoms. The SMILES string of the molecule is O=C(Nc1ccc(N2CCOCC2)cc1)c1ccc(S(=O)(=O)NC[C@@H]2CCCO2)cc1. The molecule has 0 aromatic heterocycles. The maximum absolute atomic E-state index is 12.5. The Bertz CT molecular complexity index is 981. The largest absolute Gasteiger partial charge is 0.378 e. The molecule has 0 radical (unpaired) electrons. The van der Waals surface area contributed by atoms with E-state index in [0.29, 0.717) is 31.1 Å². The van der Waals surface area contributed by atoms with E-state index >= 15 is 0 Å². The fourth-order valence-corrected chi connectivity index (χ4v) is 4.72. The lowest BCUT2D eigenvalue weighted by atomic mass is 10.2. The number of amides is 1. The molecule has 0 unspecified atom stereocenters. The van der Waals surface area contributed by atoms with Gasteiger partial charge in [0.15, 0.2) is 0 Å². The molecule has 2 aliphatic heterocycles. The van der Waals surface area contributed by atoms with Crippen LogP contribution in [0.15, 0.2) is 53.4 Å². The van der Waals surface area contributed by atoms with Crippen molar-refractivity contribution in [3.8, 4) is 0 Å². The zero-order chi connectivity index (χ0) is 21.7. The number of morpholine rings is 1. The molecule has 4 rings (SSSR count). The first kappa shape index (κ1) is 21.8. The molecule has 0 saturated carbocycles.